The van der Waals surface area contributed by atoms with Crippen molar-refractivity contribution in [2.75, 3.05) is 11.9 Å². The van der Waals surface area contributed by atoms with E-state index in [1.165, 1.54) is 0 Å². The van der Waals surface area contributed by atoms with Crippen molar-refractivity contribution in [1.82, 2.24) is 10.3 Å². The quantitative estimate of drug-likeness (QED) is 0.324. The molecule has 0 fully saturated rings. The first-order valence-corrected chi connectivity index (χ1v) is 9.25. The highest BCUT2D eigenvalue weighted by molar-refractivity contribution is 6.04. The highest BCUT2D eigenvalue weighted by atomic mass is 16.5. The Labute approximate surface area is 164 Å². The highest BCUT2D eigenvalue weighted by Crippen LogP contribution is 2.30. The molecule has 3 N–H and O–H groups in total. The van der Waals surface area contributed by atoms with Gasteiger partial charge in [-0.15, -0.1) is 0 Å². The molecular weight excluding hydrogens is 352 g/mol. The molecule has 0 saturated carbocycles. The number of carbonyl (C=O) groups excluding carboxylic acids is 1. The molecule has 6 nitrogen and oxygen atoms in total. The number of nitrogens with zero attached hydrogens (tertiary/aromatic N) is 1. The number of anilines is 1. The number of benzene rings is 2. The van der Waals surface area contributed by atoms with Gasteiger partial charge >= 0.3 is 0 Å². The zero-order chi connectivity index (χ0) is 19.9. The van der Waals surface area contributed by atoms with Crippen LogP contribution >= 0.6 is 0 Å². The van der Waals surface area contributed by atoms with Gasteiger partial charge in [-0.3, -0.25) is 15.5 Å². The number of amides is 1. The molecule has 28 heavy (non-hydrogen) atoms. The molecule has 0 spiro atoms. The number of ether oxygens (including phenoxy) is 1. The number of pyridine rings is 1. The molecule has 0 aliphatic carbocycles. The third-order valence-corrected chi connectivity index (χ3v) is 4.27. The van der Waals surface area contributed by atoms with E-state index in [0.717, 1.165) is 34.3 Å². The van der Waals surface area contributed by atoms with E-state index in [4.69, 9.17) is 15.1 Å². The second-order valence-corrected chi connectivity index (χ2v) is 6.89. The van der Waals surface area contributed by atoms with Crippen molar-refractivity contribution in [3.63, 3.8) is 0 Å². The van der Waals surface area contributed by atoms with Gasteiger partial charge < -0.3 is 10.1 Å². The second-order valence-electron chi connectivity index (χ2n) is 6.89. The van der Waals surface area contributed by atoms with Crippen LogP contribution in [0.1, 0.15) is 20.3 Å². The summed E-state index contributed by atoms with van der Waals surface area (Å²) in [6.45, 7) is 5.02. The van der Waals surface area contributed by atoms with Crippen LogP contribution in [0.5, 0.6) is 5.75 Å². The van der Waals surface area contributed by atoms with Crippen LogP contribution in [0.15, 0.2) is 54.6 Å². The zero-order valence-corrected chi connectivity index (χ0v) is 16.0. The first-order valence-electron chi connectivity index (χ1n) is 9.25. The maximum absolute atomic E-state index is 10.6. The number of para-hydroxylation sites is 1. The number of nitrogens with one attached hydrogen (secondary N) is 3. The Hall–Kier alpha value is -3.41. The third kappa shape index (κ3) is 4.85. The summed E-state index contributed by atoms with van der Waals surface area (Å²) in [6.07, 6.45) is 1.47. The number of aromatic nitrogens is 1. The fourth-order valence-corrected chi connectivity index (χ4v) is 2.81. The molecule has 1 aromatic heterocycles. The van der Waals surface area contributed by atoms with E-state index in [2.05, 4.69) is 24.5 Å². The molecule has 0 aliphatic rings. The molecule has 1 heterocycles. The van der Waals surface area contributed by atoms with Gasteiger partial charge in [0.15, 0.2) is 5.96 Å². The van der Waals surface area contributed by atoms with E-state index >= 15 is 0 Å². The first kappa shape index (κ1) is 19.4. The van der Waals surface area contributed by atoms with E-state index < -0.39 is 0 Å². The van der Waals surface area contributed by atoms with Crippen molar-refractivity contribution in [2.24, 2.45) is 5.92 Å². The summed E-state index contributed by atoms with van der Waals surface area (Å²) in [5.74, 6) is 1.30. The molecule has 0 unspecified atom stereocenters. The highest BCUT2D eigenvalue weighted by Gasteiger charge is 2.10. The molecule has 0 radical (unpaired) electrons. The topological polar surface area (TPSA) is 87.1 Å². The fourth-order valence-electron chi connectivity index (χ4n) is 2.81. The standard InChI is InChI=1S/C22H24N4O2/c1-15(2)10-11-28-17-7-5-6-16(12-17)20-13-21(26-22(23)24-14-27)18-8-3-4-9-19(18)25-20/h3-9,12-15H,10-11H2,1-2H3,(H3,23,24,25,26,27). The lowest BCUT2D eigenvalue weighted by Crippen LogP contribution is -2.28. The van der Waals surface area contributed by atoms with Gasteiger partial charge in [0.1, 0.15) is 5.75 Å². The number of hydrogen-bond acceptors (Lipinski definition) is 4. The van der Waals surface area contributed by atoms with Crippen LogP contribution in [0.2, 0.25) is 0 Å². The average molecular weight is 376 g/mol. The molecule has 144 valence electrons. The summed E-state index contributed by atoms with van der Waals surface area (Å²) in [6, 6.07) is 17.4. The third-order valence-electron chi connectivity index (χ3n) is 4.27. The molecule has 0 bridgehead atoms. The normalized spacial score (nSPS) is 10.7. The second kappa shape index (κ2) is 8.99. The molecule has 6 heteroatoms. The van der Waals surface area contributed by atoms with Gasteiger partial charge in [-0.1, -0.05) is 44.2 Å². The lowest BCUT2D eigenvalue weighted by Gasteiger charge is -2.13. The Bertz CT molecular complexity index is 985. The Kier molecular flexibility index (Phi) is 6.22. The predicted molar refractivity (Wildman–Crippen MR) is 113 cm³/mol. The molecular formula is C22H24N4O2. The van der Waals surface area contributed by atoms with Crippen molar-refractivity contribution in [3.05, 3.63) is 54.6 Å². The first-order chi connectivity index (χ1) is 13.6. The van der Waals surface area contributed by atoms with Crippen molar-refractivity contribution < 1.29 is 9.53 Å². The van der Waals surface area contributed by atoms with Gasteiger partial charge in [0.2, 0.25) is 6.41 Å². The van der Waals surface area contributed by atoms with Gasteiger partial charge in [-0.25, -0.2) is 4.98 Å². The van der Waals surface area contributed by atoms with Gasteiger partial charge in [0.25, 0.3) is 0 Å². The molecule has 2 aromatic carbocycles. The van der Waals surface area contributed by atoms with Crippen LogP contribution in [-0.4, -0.2) is 24.0 Å². The Morgan fingerprint density at radius 2 is 2.00 bits per heavy atom. The predicted octanol–water partition coefficient (Wildman–Crippen LogP) is 4.42. The molecule has 0 saturated heterocycles. The molecule has 0 atom stereocenters. The van der Waals surface area contributed by atoms with E-state index in [1.54, 1.807) is 0 Å². The van der Waals surface area contributed by atoms with Crippen LogP contribution in [0.25, 0.3) is 22.2 Å². The van der Waals surface area contributed by atoms with Crippen molar-refractivity contribution in [2.45, 2.75) is 20.3 Å². The lowest BCUT2D eigenvalue weighted by molar-refractivity contribution is -0.108. The summed E-state index contributed by atoms with van der Waals surface area (Å²) in [7, 11) is 0. The number of guanidine groups is 1. The maximum Gasteiger partial charge on any atom is 0.213 e. The number of hydrogen-bond donors (Lipinski definition) is 3. The fraction of sp³-hybridized carbons (Fsp3) is 0.227. The van der Waals surface area contributed by atoms with Crippen LogP contribution in [-0.2, 0) is 4.79 Å². The van der Waals surface area contributed by atoms with Crippen LogP contribution in [0.3, 0.4) is 0 Å². The van der Waals surface area contributed by atoms with E-state index in [9.17, 15) is 4.79 Å². The largest absolute Gasteiger partial charge is 0.494 e. The van der Waals surface area contributed by atoms with E-state index in [1.807, 2.05) is 54.6 Å². The number of carbonyl (C=O) groups is 1. The molecule has 3 aromatic rings. The molecule has 1 amide bonds. The van der Waals surface area contributed by atoms with Crippen molar-refractivity contribution in [3.8, 4) is 17.0 Å². The SMILES string of the molecule is CC(C)CCOc1cccc(-c2cc(NC(=N)NC=O)c3ccccc3n2)c1. The van der Waals surface area contributed by atoms with E-state index in [0.29, 0.717) is 24.6 Å². The number of rotatable bonds is 7. The van der Waals surface area contributed by atoms with E-state index in [-0.39, 0.29) is 5.96 Å². The monoisotopic (exact) mass is 376 g/mol. The Morgan fingerprint density at radius 1 is 1.18 bits per heavy atom. The van der Waals surface area contributed by atoms with Crippen molar-refractivity contribution >= 4 is 29.0 Å². The maximum atomic E-state index is 10.6. The minimum absolute atomic E-state index is 0.0944. The lowest BCUT2D eigenvalue weighted by atomic mass is 10.1. The van der Waals surface area contributed by atoms with Gasteiger partial charge in [0, 0.05) is 10.9 Å². The Balaban J connectivity index is 1.94. The van der Waals surface area contributed by atoms with Crippen LogP contribution in [0.4, 0.5) is 5.69 Å². The van der Waals surface area contributed by atoms with Crippen LogP contribution < -0.4 is 15.4 Å². The summed E-state index contributed by atoms with van der Waals surface area (Å²) in [5, 5.41) is 13.9. The summed E-state index contributed by atoms with van der Waals surface area (Å²) < 4.78 is 5.87. The molecule has 3 rings (SSSR count). The van der Waals surface area contributed by atoms with Gasteiger partial charge in [-0.05, 0) is 36.6 Å². The minimum atomic E-state index is -0.0944. The van der Waals surface area contributed by atoms with Crippen LogP contribution in [0, 0.1) is 11.3 Å². The van der Waals surface area contributed by atoms with Gasteiger partial charge in [-0.2, -0.15) is 0 Å². The minimum Gasteiger partial charge on any atom is -0.494 e. The summed E-state index contributed by atoms with van der Waals surface area (Å²) in [5.41, 5.74) is 3.18. The summed E-state index contributed by atoms with van der Waals surface area (Å²) in [4.78, 5) is 15.4. The Morgan fingerprint density at radius 3 is 2.79 bits per heavy atom. The zero-order valence-electron chi connectivity index (χ0n) is 16.0. The smallest absolute Gasteiger partial charge is 0.213 e. The average Bonchev–Trinajstić information content (AvgIpc) is 2.68. The molecule has 0 aliphatic heterocycles. The number of fused-ring (bicyclic) bond motifs is 1. The van der Waals surface area contributed by atoms with Crippen molar-refractivity contribution in [1.29, 1.82) is 5.41 Å². The van der Waals surface area contributed by atoms with Gasteiger partial charge in [0.05, 0.1) is 23.5 Å². The summed E-state index contributed by atoms with van der Waals surface area (Å²) >= 11 is 0.